The molecule has 0 unspecified atom stereocenters. The summed E-state index contributed by atoms with van der Waals surface area (Å²) in [5.41, 5.74) is 0.859. The molecule has 1 fully saturated rings. The van der Waals surface area contributed by atoms with Gasteiger partial charge in [-0.3, -0.25) is 4.79 Å². The van der Waals surface area contributed by atoms with Crippen molar-refractivity contribution in [2.45, 2.75) is 12.8 Å². The molecule has 1 heterocycles. The van der Waals surface area contributed by atoms with Gasteiger partial charge in [-0.15, -0.1) is 0 Å². The third kappa shape index (κ3) is 3.06. The number of piperidine rings is 1. The van der Waals surface area contributed by atoms with Crippen molar-refractivity contribution in [1.29, 1.82) is 0 Å². The van der Waals surface area contributed by atoms with Crippen LogP contribution in [0, 0.1) is 5.92 Å². The third-order valence-electron chi connectivity index (χ3n) is 2.80. The topological polar surface area (TPSA) is 41.1 Å². The van der Waals surface area contributed by atoms with Crippen molar-refractivity contribution in [3.05, 3.63) is 28.7 Å². The first kappa shape index (κ1) is 11.6. The quantitative estimate of drug-likeness (QED) is 0.875. The molecule has 0 aliphatic carbocycles. The van der Waals surface area contributed by atoms with Crippen LogP contribution in [0.25, 0.3) is 0 Å². The van der Waals surface area contributed by atoms with Crippen LogP contribution in [0.4, 0.5) is 5.69 Å². The van der Waals surface area contributed by atoms with Gasteiger partial charge in [0.05, 0.1) is 0 Å². The van der Waals surface area contributed by atoms with Gasteiger partial charge in [0.1, 0.15) is 0 Å². The molecule has 16 heavy (non-hydrogen) atoms. The van der Waals surface area contributed by atoms with E-state index in [0.717, 1.165) is 36.1 Å². The molecule has 86 valence electrons. The smallest absolute Gasteiger partial charge is 0.227 e. The Labute approximate surface area is 104 Å². The van der Waals surface area contributed by atoms with E-state index in [0.29, 0.717) is 0 Å². The molecule has 0 radical (unpaired) electrons. The minimum Gasteiger partial charge on any atom is -0.326 e. The van der Waals surface area contributed by atoms with Gasteiger partial charge in [0, 0.05) is 16.1 Å². The molecule has 0 spiro atoms. The molecule has 1 aromatic carbocycles. The molecule has 2 N–H and O–H groups in total. The van der Waals surface area contributed by atoms with Crippen LogP contribution in [-0.4, -0.2) is 19.0 Å². The maximum atomic E-state index is 11.9. The zero-order chi connectivity index (χ0) is 11.4. The fourth-order valence-electron chi connectivity index (χ4n) is 1.89. The van der Waals surface area contributed by atoms with Gasteiger partial charge in [0.2, 0.25) is 5.91 Å². The summed E-state index contributed by atoms with van der Waals surface area (Å²) in [5, 5.41) is 6.21. The summed E-state index contributed by atoms with van der Waals surface area (Å²) in [6, 6.07) is 7.69. The van der Waals surface area contributed by atoms with Gasteiger partial charge in [-0.1, -0.05) is 22.0 Å². The molecule has 0 saturated carbocycles. The fourth-order valence-corrected chi connectivity index (χ4v) is 2.29. The Morgan fingerprint density at radius 3 is 2.81 bits per heavy atom. The molecule has 1 aliphatic rings. The summed E-state index contributed by atoms with van der Waals surface area (Å²) in [6.07, 6.45) is 1.86. The van der Waals surface area contributed by atoms with E-state index in [1.807, 2.05) is 24.3 Å². The van der Waals surface area contributed by atoms with Gasteiger partial charge in [-0.05, 0) is 44.1 Å². The number of halogens is 1. The van der Waals surface area contributed by atoms with Gasteiger partial charge in [-0.25, -0.2) is 0 Å². The normalized spacial score (nSPS) is 17.1. The average molecular weight is 283 g/mol. The van der Waals surface area contributed by atoms with Crippen molar-refractivity contribution < 1.29 is 4.79 Å². The fraction of sp³-hybridized carbons (Fsp3) is 0.417. The highest BCUT2D eigenvalue weighted by Crippen LogP contribution is 2.18. The largest absolute Gasteiger partial charge is 0.326 e. The second-order valence-electron chi connectivity index (χ2n) is 4.02. The predicted molar refractivity (Wildman–Crippen MR) is 68.4 cm³/mol. The lowest BCUT2D eigenvalue weighted by molar-refractivity contribution is -0.120. The highest BCUT2D eigenvalue weighted by atomic mass is 79.9. The molecule has 3 nitrogen and oxygen atoms in total. The molecule has 0 bridgehead atoms. The Morgan fingerprint density at radius 1 is 1.38 bits per heavy atom. The molecule has 0 atom stereocenters. The minimum atomic E-state index is 0.139. The Kier molecular flexibility index (Phi) is 3.96. The number of rotatable bonds is 2. The molecular formula is C12H15BrN2O. The van der Waals surface area contributed by atoms with Gasteiger partial charge in [-0.2, -0.15) is 0 Å². The number of hydrogen-bond donors (Lipinski definition) is 2. The zero-order valence-corrected chi connectivity index (χ0v) is 10.6. The van der Waals surface area contributed by atoms with E-state index in [9.17, 15) is 4.79 Å². The standard InChI is InChI=1S/C12H15BrN2O/c13-10-2-1-3-11(8-10)15-12(16)9-4-6-14-7-5-9/h1-3,8-9,14H,4-7H2,(H,15,16). The van der Waals surface area contributed by atoms with Crippen LogP contribution in [-0.2, 0) is 4.79 Å². The number of hydrogen-bond acceptors (Lipinski definition) is 2. The van der Waals surface area contributed by atoms with Crippen molar-refractivity contribution in [3.8, 4) is 0 Å². The molecular weight excluding hydrogens is 268 g/mol. The Morgan fingerprint density at radius 2 is 2.12 bits per heavy atom. The first-order chi connectivity index (χ1) is 7.75. The number of amides is 1. The summed E-state index contributed by atoms with van der Waals surface area (Å²) in [6.45, 7) is 1.88. The van der Waals surface area contributed by atoms with Crippen molar-refractivity contribution in [1.82, 2.24) is 5.32 Å². The SMILES string of the molecule is O=C(Nc1cccc(Br)c1)C1CCNCC1. The number of carbonyl (C=O) groups excluding carboxylic acids is 1. The van der Waals surface area contributed by atoms with Crippen molar-refractivity contribution >= 4 is 27.5 Å². The number of carbonyl (C=O) groups is 1. The van der Waals surface area contributed by atoms with Gasteiger partial charge in [0.25, 0.3) is 0 Å². The highest BCUT2D eigenvalue weighted by Gasteiger charge is 2.20. The van der Waals surface area contributed by atoms with Gasteiger partial charge >= 0.3 is 0 Å². The van der Waals surface area contributed by atoms with E-state index < -0.39 is 0 Å². The monoisotopic (exact) mass is 282 g/mol. The summed E-state index contributed by atoms with van der Waals surface area (Å²) in [5.74, 6) is 0.292. The third-order valence-corrected chi connectivity index (χ3v) is 3.30. The first-order valence-corrected chi connectivity index (χ1v) is 6.32. The molecule has 1 aromatic rings. The van der Waals surface area contributed by atoms with Crippen LogP contribution >= 0.6 is 15.9 Å². The van der Waals surface area contributed by atoms with Gasteiger partial charge < -0.3 is 10.6 Å². The lowest BCUT2D eigenvalue weighted by atomic mass is 9.97. The molecule has 2 rings (SSSR count). The lowest BCUT2D eigenvalue weighted by Gasteiger charge is -2.21. The van der Waals surface area contributed by atoms with E-state index in [2.05, 4.69) is 26.6 Å². The first-order valence-electron chi connectivity index (χ1n) is 5.53. The summed E-state index contributed by atoms with van der Waals surface area (Å²) in [7, 11) is 0. The molecule has 1 aliphatic heterocycles. The Balaban J connectivity index is 1.96. The summed E-state index contributed by atoms with van der Waals surface area (Å²) in [4.78, 5) is 11.9. The van der Waals surface area contributed by atoms with Crippen LogP contribution in [0.3, 0.4) is 0 Å². The summed E-state index contributed by atoms with van der Waals surface area (Å²) < 4.78 is 0.982. The van der Waals surface area contributed by atoms with Gasteiger partial charge in [0.15, 0.2) is 0 Å². The second kappa shape index (κ2) is 5.46. The number of nitrogens with one attached hydrogen (secondary N) is 2. The minimum absolute atomic E-state index is 0.139. The van der Waals surface area contributed by atoms with E-state index in [4.69, 9.17) is 0 Å². The molecule has 1 amide bonds. The molecule has 1 saturated heterocycles. The van der Waals surface area contributed by atoms with Crippen LogP contribution in [0.5, 0.6) is 0 Å². The molecule has 0 aromatic heterocycles. The lowest BCUT2D eigenvalue weighted by Crippen LogP contribution is -2.34. The predicted octanol–water partition coefficient (Wildman–Crippen LogP) is 2.39. The average Bonchev–Trinajstić information content (AvgIpc) is 2.30. The highest BCUT2D eigenvalue weighted by molar-refractivity contribution is 9.10. The maximum Gasteiger partial charge on any atom is 0.227 e. The Hall–Kier alpha value is -0.870. The molecule has 4 heteroatoms. The summed E-state index contributed by atoms with van der Waals surface area (Å²) >= 11 is 3.39. The number of benzene rings is 1. The van der Waals surface area contributed by atoms with Crippen molar-refractivity contribution in [2.75, 3.05) is 18.4 Å². The van der Waals surface area contributed by atoms with E-state index in [1.54, 1.807) is 0 Å². The second-order valence-corrected chi connectivity index (χ2v) is 4.94. The number of anilines is 1. The van der Waals surface area contributed by atoms with Crippen LogP contribution in [0.15, 0.2) is 28.7 Å². The zero-order valence-electron chi connectivity index (χ0n) is 9.00. The van der Waals surface area contributed by atoms with Crippen LogP contribution in [0.1, 0.15) is 12.8 Å². The van der Waals surface area contributed by atoms with E-state index >= 15 is 0 Å². The Bertz CT molecular complexity index is 375. The van der Waals surface area contributed by atoms with Crippen LogP contribution < -0.4 is 10.6 Å². The van der Waals surface area contributed by atoms with E-state index in [1.165, 1.54) is 0 Å². The van der Waals surface area contributed by atoms with Crippen LogP contribution in [0.2, 0.25) is 0 Å². The van der Waals surface area contributed by atoms with Crippen molar-refractivity contribution in [3.63, 3.8) is 0 Å². The van der Waals surface area contributed by atoms with E-state index in [-0.39, 0.29) is 11.8 Å². The maximum absolute atomic E-state index is 11.9. The van der Waals surface area contributed by atoms with Crippen molar-refractivity contribution in [2.24, 2.45) is 5.92 Å².